The van der Waals surface area contributed by atoms with E-state index in [1.165, 1.54) is 0 Å². The van der Waals surface area contributed by atoms with Gasteiger partial charge in [0.2, 0.25) is 0 Å². The zero-order valence-corrected chi connectivity index (χ0v) is 11.4. The molecule has 0 aromatic carbocycles. The van der Waals surface area contributed by atoms with Crippen molar-refractivity contribution in [3.63, 3.8) is 0 Å². The summed E-state index contributed by atoms with van der Waals surface area (Å²) >= 11 is 0. The second-order valence-electron chi connectivity index (χ2n) is 6.45. The first-order chi connectivity index (χ1) is 7.71. The van der Waals surface area contributed by atoms with Gasteiger partial charge in [-0.05, 0) is 20.8 Å². The van der Waals surface area contributed by atoms with Crippen molar-refractivity contribution in [2.45, 2.75) is 52.5 Å². The van der Waals surface area contributed by atoms with E-state index in [-0.39, 0.29) is 11.0 Å². The molecule has 0 aliphatic rings. The first-order valence-corrected chi connectivity index (χ1v) is 5.91. The summed E-state index contributed by atoms with van der Waals surface area (Å²) in [6.07, 6.45) is 3.52. The van der Waals surface area contributed by atoms with Gasteiger partial charge in [-0.3, -0.25) is 0 Å². The summed E-state index contributed by atoms with van der Waals surface area (Å²) in [6, 6.07) is 0. The molecular weight excluding hydrogens is 212 g/mol. The summed E-state index contributed by atoms with van der Waals surface area (Å²) < 4.78 is 2.26. The van der Waals surface area contributed by atoms with Crippen molar-refractivity contribution in [2.75, 3.05) is 0 Å². The predicted octanol–water partition coefficient (Wildman–Crippen LogP) is 2.88. The summed E-state index contributed by atoms with van der Waals surface area (Å²) in [5, 5.41) is 7.88. The van der Waals surface area contributed by atoms with Crippen molar-refractivity contribution in [1.29, 1.82) is 0 Å². The van der Waals surface area contributed by atoms with Crippen LogP contribution in [0.5, 0.6) is 0 Å². The van der Waals surface area contributed by atoms with Crippen LogP contribution in [0.2, 0.25) is 0 Å². The monoisotopic (exact) mass is 232 g/mol. The molecule has 0 aliphatic heterocycles. The van der Waals surface area contributed by atoms with Crippen LogP contribution in [-0.2, 0) is 11.0 Å². The molecule has 0 unspecified atom stereocenters. The number of nitrogens with zero attached hydrogens (tertiary/aromatic N) is 4. The molecule has 0 radical (unpaired) electrons. The van der Waals surface area contributed by atoms with Gasteiger partial charge >= 0.3 is 0 Å². The summed E-state index contributed by atoms with van der Waals surface area (Å²) in [4.78, 5) is 4.71. The molecule has 17 heavy (non-hydrogen) atoms. The Kier molecular flexibility index (Phi) is 2.49. The summed E-state index contributed by atoms with van der Waals surface area (Å²) in [6.45, 7) is 13.1. The molecule has 2 rings (SSSR count). The summed E-state index contributed by atoms with van der Waals surface area (Å²) in [7, 11) is 0. The zero-order chi connectivity index (χ0) is 12.8. The van der Waals surface area contributed by atoms with Crippen LogP contribution in [0.25, 0.3) is 11.0 Å². The van der Waals surface area contributed by atoms with E-state index >= 15 is 0 Å². The van der Waals surface area contributed by atoms with E-state index < -0.39 is 0 Å². The molecule has 0 aliphatic carbocycles. The van der Waals surface area contributed by atoms with Crippen molar-refractivity contribution in [3.05, 3.63) is 18.2 Å². The third-order valence-electron chi connectivity index (χ3n) is 2.71. The van der Waals surface area contributed by atoms with Crippen molar-refractivity contribution in [3.8, 4) is 0 Å². The second kappa shape index (κ2) is 3.52. The molecule has 0 bridgehead atoms. The quantitative estimate of drug-likeness (QED) is 0.701. The highest BCUT2D eigenvalue weighted by Crippen LogP contribution is 2.31. The maximum absolute atomic E-state index is 4.71. The van der Waals surface area contributed by atoms with Crippen LogP contribution in [0.4, 0.5) is 0 Å². The number of rotatable bonds is 0. The normalized spacial score (nSPS) is 13.3. The summed E-state index contributed by atoms with van der Waals surface area (Å²) in [5.41, 5.74) is 1.96. The lowest BCUT2D eigenvalue weighted by Crippen LogP contribution is -2.29. The lowest BCUT2D eigenvalue weighted by molar-refractivity contribution is 0.364. The molecule has 0 amide bonds. The van der Waals surface area contributed by atoms with Crippen molar-refractivity contribution in [2.24, 2.45) is 0 Å². The van der Waals surface area contributed by atoms with Gasteiger partial charge in [-0.1, -0.05) is 20.8 Å². The van der Waals surface area contributed by atoms with Crippen LogP contribution in [0.3, 0.4) is 0 Å². The fourth-order valence-electron chi connectivity index (χ4n) is 2.03. The second-order valence-corrected chi connectivity index (χ2v) is 6.45. The smallest absolute Gasteiger partial charge is 0.115 e. The number of aromatic nitrogens is 4. The average Bonchev–Trinajstić information content (AvgIpc) is 2.54. The summed E-state index contributed by atoms with van der Waals surface area (Å²) in [5.74, 6) is 1.08. The van der Waals surface area contributed by atoms with Crippen molar-refractivity contribution >= 4 is 11.0 Å². The van der Waals surface area contributed by atoms with Crippen LogP contribution in [0, 0.1) is 0 Å². The Morgan fingerprint density at radius 2 is 1.53 bits per heavy atom. The van der Waals surface area contributed by atoms with Crippen molar-refractivity contribution < 1.29 is 0 Å². The van der Waals surface area contributed by atoms with Crippen LogP contribution in [-0.4, -0.2) is 19.7 Å². The van der Waals surface area contributed by atoms with Crippen molar-refractivity contribution in [1.82, 2.24) is 19.7 Å². The average molecular weight is 232 g/mol. The van der Waals surface area contributed by atoms with E-state index in [2.05, 4.69) is 56.3 Å². The number of hydrogen-bond donors (Lipinski definition) is 0. The first kappa shape index (κ1) is 12.0. The van der Waals surface area contributed by atoms with Crippen LogP contribution >= 0.6 is 0 Å². The first-order valence-electron chi connectivity index (χ1n) is 5.91. The minimum absolute atomic E-state index is 0.00625. The fraction of sp³-hybridized carbons (Fsp3) is 0.615. The zero-order valence-electron chi connectivity index (χ0n) is 11.4. The minimum Gasteiger partial charge on any atom is -0.321 e. The molecule has 0 fully saturated rings. The highest BCUT2D eigenvalue weighted by Gasteiger charge is 2.28. The molecule has 0 saturated carbocycles. The minimum atomic E-state index is -0.0135. The van der Waals surface area contributed by atoms with Crippen LogP contribution in [0.15, 0.2) is 12.4 Å². The molecule has 2 aromatic rings. The maximum Gasteiger partial charge on any atom is 0.115 e. The number of hydrogen-bond acceptors (Lipinski definition) is 3. The highest BCUT2D eigenvalue weighted by atomic mass is 15.2. The van der Waals surface area contributed by atoms with Gasteiger partial charge in [0, 0.05) is 11.0 Å². The topological polar surface area (TPSA) is 43.6 Å². The molecule has 92 valence electrons. The van der Waals surface area contributed by atoms with Gasteiger partial charge in [-0.15, -0.1) is 0 Å². The molecule has 4 heteroatoms. The van der Waals surface area contributed by atoms with Gasteiger partial charge in [-0.25, -0.2) is 4.98 Å². The van der Waals surface area contributed by atoms with Gasteiger partial charge in [0.15, 0.2) is 0 Å². The van der Waals surface area contributed by atoms with E-state index in [1.54, 1.807) is 12.4 Å². The molecule has 4 nitrogen and oxygen atoms in total. The Balaban J connectivity index is 2.84. The molecule has 2 aromatic heterocycles. The van der Waals surface area contributed by atoms with E-state index in [4.69, 9.17) is 4.98 Å². The largest absolute Gasteiger partial charge is 0.321 e. The Morgan fingerprint density at radius 1 is 0.941 bits per heavy atom. The Labute approximate surface area is 102 Å². The van der Waals surface area contributed by atoms with Gasteiger partial charge in [0.1, 0.15) is 11.3 Å². The lowest BCUT2D eigenvalue weighted by atomic mass is 9.94. The highest BCUT2D eigenvalue weighted by molar-refractivity contribution is 5.74. The van der Waals surface area contributed by atoms with E-state index in [9.17, 15) is 0 Å². The van der Waals surface area contributed by atoms with E-state index in [0.29, 0.717) is 0 Å². The maximum atomic E-state index is 4.71. The predicted molar refractivity (Wildman–Crippen MR) is 69.0 cm³/mol. The molecule has 0 saturated heterocycles. The third-order valence-corrected chi connectivity index (χ3v) is 2.71. The van der Waals surface area contributed by atoms with Crippen LogP contribution in [0.1, 0.15) is 47.4 Å². The number of fused-ring (bicyclic) bond motifs is 1. The Morgan fingerprint density at radius 3 is 2.06 bits per heavy atom. The van der Waals surface area contributed by atoms with Gasteiger partial charge in [0.25, 0.3) is 0 Å². The van der Waals surface area contributed by atoms with E-state index in [0.717, 1.165) is 16.9 Å². The van der Waals surface area contributed by atoms with E-state index in [1.807, 2.05) is 0 Å². The Hall–Kier alpha value is -1.45. The number of imidazole rings is 1. The molecule has 0 spiro atoms. The van der Waals surface area contributed by atoms with Gasteiger partial charge in [0.05, 0.1) is 17.9 Å². The standard InChI is InChI=1S/C13H20N4/c1-12(2,3)11-16-9-7-14-15-8-10(9)17(11)13(4,5)6/h7-8H,1-6H3. The van der Waals surface area contributed by atoms with Gasteiger partial charge < -0.3 is 4.57 Å². The molecule has 0 atom stereocenters. The molecule has 0 N–H and O–H groups in total. The third kappa shape index (κ3) is 2.04. The van der Waals surface area contributed by atoms with Gasteiger partial charge in [-0.2, -0.15) is 10.2 Å². The molecule has 2 heterocycles. The molecular formula is C13H20N4. The van der Waals surface area contributed by atoms with Crippen LogP contribution < -0.4 is 0 Å². The fourth-order valence-corrected chi connectivity index (χ4v) is 2.03. The lowest BCUT2D eigenvalue weighted by Gasteiger charge is -2.29. The Bertz CT molecular complexity index is 541. The SMILES string of the molecule is CC(C)(C)c1nc2cnncc2n1C(C)(C)C.